The first-order chi connectivity index (χ1) is 7.65. The first-order valence-electron chi connectivity index (χ1n) is 5.74. The number of carbonyl (C=O) groups is 1. The molecule has 1 aromatic heterocycles. The number of carbonyl (C=O) groups excluding carboxylic acids is 1. The number of hydrogen-bond donors (Lipinski definition) is 1. The predicted octanol–water partition coefficient (Wildman–Crippen LogP) is 0.890. The second-order valence-electron chi connectivity index (χ2n) is 4.49. The maximum absolute atomic E-state index is 11.8. The van der Waals surface area contributed by atoms with E-state index in [0.717, 1.165) is 29.1 Å². The predicted molar refractivity (Wildman–Crippen MR) is 64.1 cm³/mol. The summed E-state index contributed by atoms with van der Waals surface area (Å²) in [5.74, 6) is -0.155. The van der Waals surface area contributed by atoms with Crippen LogP contribution < -0.4 is 4.90 Å². The van der Waals surface area contributed by atoms with Gasteiger partial charge in [0.25, 0.3) is 0 Å². The van der Waals surface area contributed by atoms with Crippen LogP contribution in [0.1, 0.15) is 27.4 Å². The zero-order valence-electron chi connectivity index (χ0n) is 9.79. The van der Waals surface area contributed by atoms with Crippen LogP contribution in [0.5, 0.6) is 0 Å². The Morgan fingerprint density at radius 3 is 3.00 bits per heavy atom. The third-order valence-corrected chi connectivity index (χ3v) is 3.90. The van der Waals surface area contributed by atoms with Crippen LogP contribution in [0.25, 0.3) is 0 Å². The molecule has 0 spiro atoms. The Kier molecular flexibility index (Phi) is 3.61. The van der Waals surface area contributed by atoms with Gasteiger partial charge >= 0.3 is 5.97 Å². The lowest BCUT2D eigenvalue weighted by atomic mass is 10.1. The minimum Gasteiger partial charge on any atom is -0.452 e. The third-order valence-electron chi connectivity index (χ3n) is 2.92. The van der Waals surface area contributed by atoms with Gasteiger partial charge in [0.2, 0.25) is 0 Å². The van der Waals surface area contributed by atoms with Crippen LogP contribution in [0.4, 0.5) is 0 Å². The number of nitrogens with one attached hydrogen (secondary N) is 1. The number of esters is 1. The fourth-order valence-electron chi connectivity index (χ4n) is 2.08. The van der Waals surface area contributed by atoms with E-state index in [2.05, 4.69) is 7.05 Å². The molecular formula is C12H18NO2S+. The molecule has 0 radical (unpaired) electrons. The van der Waals surface area contributed by atoms with E-state index in [4.69, 9.17) is 4.74 Å². The molecule has 1 N–H and O–H groups in total. The van der Waals surface area contributed by atoms with Crippen LogP contribution in [0.3, 0.4) is 0 Å². The van der Waals surface area contributed by atoms with Crippen molar-refractivity contribution in [2.24, 2.45) is 0 Å². The molecule has 1 unspecified atom stereocenters. The highest BCUT2D eigenvalue weighted by Crippen LogP contribution is 2.17. The van der Waals surface area contributed by atoms with E-state index >= 15 is 0 Å². The Morgan fingerprint density at radius 1 is 1.56 bits per heavy atom. The fourth-order valence-corrected chi connectivity index (χ4v) is 2.83. The molecule has 2 heterocycles. The highest BCUT2D eigenvalue weighted by Gasteiger charge is 2.24. The molecule has 2 atom stereocenters. The van der Waals surface area contributed by atoms with Crippen molar-refractivity contribution in [2.75, 3.05) is 20.1 Å². The van der Waals surface area contributed by atoms with Gasteiger partial charge < -0.3 is 9.64 Å². The average molecular weight is 240 g/mol. The molecule has 1 fully saturated rings. The number of ether oxygens (including phenoxy) is 1. The Bertz CT molecular complexity index is 375. The highest BCUT2D eigenvalue weighted by atomic mass is 32.1. The molecule has 4 heteroatoms. The summed E-state index contributed by atoms with van der Waals surface area (Å²) in [6.45, 7) is 4.13. The normalized spacial score (nSPS) is 25.4. The van der Waals surface area contributed by atoms with Crippen molar-refractivity contribution in [1.82, 2.24) is 0 Å². The summed E-state index contributed by atoms with van der Waals surface area (Å²) in [7, 11) is 2.15. The number of aryl methyl sites for hydroxylation is 1. The van der Waals surface area contributed by atoms with E-state index in [1.54, 1.807) is 0 Å². The SMILES string of the molecule is Cc1ccc(C(=O)O[C@H]2CCC[NH+](C)C2)s1. The molecule has 1 aliphatic heterocycles. The largest absolute Gasteiger partial charge is 0.452 e. The molecule has 0 saturated carbocycles. The van der Waals surface area contributed by atoms with Crippen molar-refractivity contribution >= 4 is 17.3 Å². The molecule has 3 nitrogen and oxygen atoms in total. The Hall–Kier alpha value is -0.870. The molecule has 0 aliphatic carbocycles. The zero-order valence-corrected chi connectivity index (χ0v) is 10.6. The van der Waals surface area contributed by atoms with Crippen molar-refractivity contribution in [3.63, 3.8) is 0 Å². The van der Waals surface area contributed by atoms with E-state index in [1.165, 1.54) is 22.8 Å². The van der Waals surface area contributed by atoms with Gasteiger partial charge in [-0.3, -0.25) is 0 Å². The second kappa shape index (κ2) is 4.97. The van der Waals surface area contributed by atoms with E-state index in [0.29, 0.717) is 0 Å². The summed E-state index contributed by atoms with van der Waals surface area (Å²) in [6.07, 6.45) is 2.25. The van der Waals surface area contributed by atoms with Crippen molar-refractivity contribution < 1.29 is 14.4 Å². The first-order valence-corrected chi connectivity index (χ1v) is 6.55. The van der Waals surface area contributed by atoms with E-state index in [9.17, 15) is 4.79 Å². The maximum Gasteiger partial charge on any atom is 0.348 e. The lowest BCUT2D eigenvalue weighted by Gasteiger charge is -2.26. The Morgan fingerprint density at radius 2 is 2.38 bits per heavy atom. The van der Waals surface area contributed by atoms with E-state index in [-0.39, 0.29) is 12.1 Å². The van der Waals surface area contributed by atoms with Crippen molar-refractivity contribution in [3.05, 3.63) is 21.9 Å². The van der Waals surface area contributed by atoms with Gasteiger partial charge in [0.1, 0.15) is 11.4 Å². The van der Waals surface area contributed by atoms with Gasteiger partial charge in [-0.25, -0.2) is 4.79 Å². The standard InChI is InChI=1S/C12H17NO2S/c1-9-5-6-11(16-9)12(14)15-10-4-3-7-13(2)8-10/h5-6,10H,3-4,7-8H2,1-2H3/p+1/t10-/m0/s1. The fraction of sp³-hybridized carbons (Fsp3) is 0.583. The summed E-state index contributed by atoms with van der Waals surface area (Å²) in [4.78, 5) is 15.1. The summed E-state index contributed by atoms with van der Waals surface area (Å²) in [6, 6.07) is 3.81. The minimum atomic E-state index is -0.155. The number of hydrogen-bond acceptors (Lipinski definition) is 3. The van der Waals surface area contributed by atoms with Gasteiger partial charge in [0.05, 0.1) is 13.6 Å². The van der Waals surface area contributed by atoms with Crippen molar-refractivity contribution in [1.29, 1.82) is 0 Å². The molecule has 16 heavy (non-hydrogen) atoms. The molecule has 0 amide bonds. The smallest absolute Gasteiger partial charge is 0.348 e. The van der Waals surface area contributed by atoms with Crippen molar-refractivity contribution in [3.8, 4) is 0 Å². The minimum absolute atomic E-state index is 0.101. The Labute approximate surface area is 100 Å². The molecule has 88 valence electrons. The molecular weight excluding hydrogens is 222 g/mol. The van der Waals surface area contributed by atoms with Crippen LogP contribution in [0.2, 0.25) is 0 Å². The van der Waals surface area contributed by atoms with Gasteiger partial charge in [-0.05, 0) is 25.5 Å². The lowest BCUT2D eigenvalue weighted by molar-refractivity contribution is -0.888. The maximum atomic E-state index is 11.8. The van der Waals surface area contributed by atoms with Crippen LogP contribution in [0.15, 0.2) is 12.1 Å². The van der Waals surface area contributed by atoms with Crippen LogP contribution in [-0.2, 0) is 4.74 Å². The number of rotatable bonds is 2. The van der Waals surface area contributed by atoms with Crippen LogP contribution in [0, 0.1) is 6.92 Å². The molecule has 0 bridgehead atoms. The quantitative estimate of drug-likeness (QED) is 0.778. The molecule has 2 rings (SSSR count). The summed E-state index contributed by atoms with van der Waals surface area (Å²) in [5.41, 5.74) is 0. The number of thiophene rings is 1. The van der Waals surface area contributed by atoms with Gasteiger partial charge in [0.15, 0.2) is 6.10 Å². The highest BCUT2D eigenvalue weighted by molar-refractivity contribution is 7.13. The van der Waals surface area contributed by atoms with E-state index in [1.807, 2.05) is 19.1 Å². The first kappa shape index (κ1) is 11.6. The lowest BCUT2D eigenvalue weighted by Crippen LogP contribution is -3.11. The summed E-state index contributed by atoms with van der Waals surface area (Å²) in [5, 5.41) is 0. The van der Waals surface area contributed by atoms with Crippen molar-refractivity contribution in [2.45, 2.75) is 25.9 Å². The number of piperidine rings is 1. The summed E-state index contributed by atoms with van der Waals surface area (Å²) < 4.78 is 5.51. The molecule has 1 aromatic rings. The Balaban J connectivity index is 1.92. The number of likely N-dealkylation sites (tertiary alicyclic amines) is 1. The monoisotopic (exact) mass is 240 g/mol. The molecule has 0 aromatic carbocycles. The third kappa shape index (κ3) is 2.83. The second-order valence-corrected chi connectivity index (χ2v) is 5.78. The zero-order chi connectivity index (χ0) is 11.5. The average Bonchev–Trinajstić information content (AvgIpc) is 2.65. The van der Waals surface area contributed by atoms with Crippen LogP contribution in [-0.4, -0.2) is 32.2 Å². The van der Waals surface area contributed by atoms with Gasteiger partial charge in [-0.15, -0.1) is 11.3 Å². The molecule has 1 saturated heterocycles. The van der Waals surface area contributed by atoms with E-state index < -0.39 is 0 Å². The summed E-state index contributed by atoms with van der Waals surface area (Å²) >= 11 is 1.50. The van der Waals surface area contributed by atoms with Gasteiger partial charge in [-0.1, -0.05) is 0 Å². The van der Waals surface area contributed by atoms with Crippen LogP contribution >= 0.6 is 11.3 Å². The molecule has 1 aliphatic rings. The number of likely N-dealkylation sites (N-methyl/N-ethyl adjacent to an activating group) is 1. The van der Waals surface area contributed by atoms with Gasteiger partial charge in [-0.2, -0.15) is 0 Å². The van der Waals surface area contributed by atoms with Gasteiger partial charge in [0, 0.05) is 11.3 Å². The number of quaternary nitrogens is 1. The topological polar surface area (TPSA) is 30.7 Å².